The zero-order valence-corrected chi connectivity index (χ0v) is 73.3. The molecule has 4 heterocycles. The van der Waals surface area contributed by atoms with Crippen molar-refractivity contribution in [2.24, 2.45) is 47.3 Å². The summed E-state index contributed by atoms with van der Waals surface area (Å²) in [4.78, 5) is 49.6. The molecule has 12 unspecified atom stereocenters. The first-order chi connectivity index (χ1) is 53.9. The first kappa shape index (κ1) is 98.4. The van der Waals surface area contributed by atoms with Crippen LogP contribution in [0.5, 0.6) is 0 Å². The normalized spacial score (nSPS) is 23.5. The van der Waals surface area contributed by atoms with Gasteiger partial charge >= 0.3 is 30.0 Å². The van der Waals surface area contributed by atoms with Crippen LogP contribution in [0.4, 0.5) is 0 Å². The van der Waals surface area contributed by atoms with Crippen molar-refractivity contribution in [1.29, 1.82) is 0 Å². The van der Waals surface area contributed by atoms with E-state index in [1.165, 1.54) is 260 Å². The maximum absolute atomic E-state index is 12.9. The van der Waals surface area contributed by atoms with Crippen LogP contribution in [-0.4, -0.2) is 174 Å². The molecule has 0 amide bonds. The van der Waals surface area contributed by atoms with E-state index in [-0.39, 0.29) is 48.3 Å². The smallest absolute Gasteiger partial charge is 0.463 e. The number of carbonyl (C=O) groups is 4. The van der Waals surface area contributed by atoms with Crippen molar-refractivity contribution >= 4 is 42.0 Å². The minimum Gasteiger partial charge on any atom is -0.463 e. The van der Waals surface area contributed by atoms with E-state index >= 15 is 0 Å². The van der Waals surface area contributed by atoms with E-state index in [0.717, 1.165) is 138 Å². The fraction of sp³-hybridized carbons (Fsp3) is 0.955. The Bertz CT molecular complexity index is 2250. The lowest BCUT2D eigenvalue weighted by Gasteiger charge is -2.44. The summed E-state index contributed by atoms with van der Waals surface area (Å²) in [6, 6.07) is 0. The van der Waals surface area contributed by atoms with Gasteiger partial charge in [0.05, 0.1) is 39.6 Å². The van der Waals surface area contributed by atoms with Gasteiger partial charge in [0.1, 0.15) is 37.6 Å². The van der Waals surface area contributed by atoms with Gasteiger partial charge in [-0.25, -0.2) is 0 Å². The highest BCUT2D eigenvalue weighted by molar-refractivity contribution is 6.55. The molecule has 0 radical (unpaired) electrons. The maximum Gasteiger partial charge on any atom is 0.751 e. The molecule has 0 bridgehead atoms. The second-order valence-electron chi connectivity index (χ2n) is 33.3. The average molecular weight is 1600 g/mol. The number of ether oxygens (including phenoxy) is 8. The van der Waals surface area contributed by atoms with Crippen molar-refractivity contribution in [3.05, 3.63) is 0 Å². The summed E-state index contributed by atoms with van der Waals surface area (Å²) in [5.74, 6) is 6.07. The minimum atomic E-state index is -3.53. The van der Waals surface area contributed by atoms with Crippen LogP contribution in [0.1, 0.15) is 362 Å². The number of unbranched alkanes of at least 4 members (excludes halogenated alkanes) is 26. The summed E-state index contributed by atoms with van der Waals surface area (Å²) in [5.41, 5.74) is 0. The Hall–Kier alpha value is -2.17. The van der Waals surface area contributed by atoms with E-state index in [2.05, 4.69) is 27.7 Å². The molecule has 6 rings (SSSR count). The van der Waals surface area contributed by atoms with Crippen LogP contribution in [0, 0.1) is 47.3 Å². The molecule has 644 valence electrons. The predicted molar refractivity (Wildman–Crippen MR) is 437 cm³/mol. The summed E-state index contributed by atoms with van der Waals surface area (Å²) in [5, 5.41) is 0. The number of esters is 2. The van der Waals surface area contributed by atoms with Crippen LogP contribution < -0.4 is 0 Å². The lowest BCUT2D eigenvalue weighted by atomic mass is 9.61. The van der Waals surface area contributed by atoms with Crippen LogP contribution in [0.2, 0.25) is 0 Å². The van der Waals surface area contributed by atoms with Gasteiger partial charge in [-0.1, -0.05) is 246 Å². The quantitative estimate of drug-likeness (QED) is 0.0238. The van der Waals surface area contributed by atoms with E-state index < -0.39 is 18.1 Å². The molecule has 22 heteroatoms. The molecule has 6 fully saturated rings. The molecule has 0 spiro atoms. The molecule has 0 aromatic carbocycles. The molecule has 6 aliphatic rings. The lowest BCUT2D eigenvalue weighted by Crippen LogP contribution is -2.49. The SMILES string of the molecule is CCCCCCCC1C(CCCCC)CCC(CCCCCCC(=O)OCC2CO2)C1CCCCCCCC(=O)OCC1CO1.CCCCCCCC1C(CCCCC)CCC(CCCCCCC(=O)O[Si](OC)(OC)OCCCOCC2CO2)C1CCCCCCCC(=O)O[Si](OC)(OC)OCCCOCC1CO1. The number of hydrogen-bond acceptors (Lipinski definition) is 20. The van der Waals surface area contributed by atoms with E-state index in [0.29, 0.717) is 91.4 Å². The molecule has 4 saturated heterocycles. The van der Waals surface area contributed by atoms with Crippen molar-refractivity contribution in [3.8, 4) is 0 Å². The van der Waals surface area contributed by atoms with Crippen LogP contribution in [0.15, 0.2) is 0 Å². The number of rotatable bonds is 74. The van der Waals surface area contributed by atoms with E-state index in [9.17, 15) is 19.2 Å². The topological polar surface area (TPSA) is 229 Å². The molecular weight excluding hydrogens is 1430 g/mol. The Morgan fingerprint density at radius 3 is 0.800 bits per heavy atom. The monoisotopic (exact) mass is 1600 g/mol. The second kappa shape index (κ2) is 63.0. The zero-order chi connectivity index (χ0) is 78.8. The van der Waals surface area contributed by atoms with Crippen LogP contribution >= 0.6 is 0 Å². The molecule has 20 nitrogen and oxygen atoms in total. The van der Waals surface area contributed by atoms with Gasteiger partial charge < -0.3 is 73.3 Å². The molecule has 2 aliphatic carbocycles. The van der Waals surface area contributed by atoms with Crippen LogP contribution in [0.25, 0.3) is 0 Å². The maximum atomic E-state index is 12.9. The molecule has 0 aromatic heterocycles. The van der Waals surface area contributed by atoms with E-state index in [1.54, 1.807) is 0 Å². The van der Waals surface area contributed by atoms with Crippen molar-refractivity contribution < 1.29 is 92.5 Å². The number of carbonyl (C=O) groups excluding carboxylic acids is 4. The highest BCUT2D eigenvalue weighted by Gasteiger charge is 2.49. The highest BCUT2D eigenvalue weighted by atomic mass is 28.4. The zero-order valence-electron chi connectivity index (χ0n) is 71.3. The van der Waals surface area contributed by atoms with Gasteiger partial charge in [-0.05, 0) is 137 Å². The Kier molecular flexibility index (Phi) is 56.3. The molecule has 2 saturated carbocycles. The van der Waals surface area contributed by atoms with Crippen molar-refractivity contribution in [3.63, 3.8) is 0 Å². The Morgan fingerprint density at radius 1 is 0.282 bits per heavy atom. The number of epoxide rings is 4. The molecular formula is C88H164O20Si2. The van der Waals surface area contributed by atoms with Gasteiger partial charge in [-0.2, -0.15) is 0 Å². The van der Waals surface area contributed by atoms with E-state index in [1.807, 2.05) is 0 Å². The third-order valence-electron chi connectivity index (χ3n) is 24.2. The van der Waals surface area contributed by atoms with Crippen molar-refractivity contribution in [2.45, 2.75) is 386 Å². The van der Waals surface area contributed by atoms with E-state index in [4.69, 9.17) is 73.3 Å². The fourth-order valence-corrected chi connectivity index (χ4v) is 20.2. The summed E-state index contributed by atoms with van der Waals surface area (Å²) in [7, 11) is -1.19. The molecule has 12 atom stereocenters. The highest BCUT2D eigenvalue weighted by Crippen LogP contribution is 2.50. The van der Waals surface area contributed by atoms with Crippen molar-refractivity contribution in [2.75, 3.05) is 108 Å². The Labute approximate surface area is 672 Å². The summed E-state index contributed by atoms with van der Waals surface area (Å²) in [6.45, 7) is 16.1. The molecule has 110 heavy (non-hydrogen) atoms. The Morgan fingerprint density at radius 2 is 0.518 bits per heavy atom. The first-order valence-electron chi connectivity index (χ1n) is 45.7. The second-order valence-corrected chi connectivity index (χ2v) is 37.9. The predicted octanol–water partition coefficient (Wildman–Crippen LogP) is 20.6. The fourth-order valence-electron chi connectivity index (χ4n) is 17.4. The Balaban J connectivity index is 0.000000420. The van der Waals surface area contributed by atoms with Crippen molar-refractivity contribution in [1.82, 2.24) is 0 Å². The standard InChI is InChI=1S/C49H94O14Si2.C39H70O6/c1-7-9-11-13-20-28-46-42(26-18-10-8-2)32-33-43(27-19-16-17-23-31-49(51)63-65(54-5,55-6)61-37-25-35-57-39-45-41-59-45)47(46)29-21-14-12-15-22-30-48(50)62-64(52-3,53-4)60-36-24-34-56-38-44-40-58-44;1-3-5-7-9-16-22-36-32(20-14-6-4-2)26-27-33(21-15-12-13-19-25-39(41)45-31-35-29-43-35)37(36)23-17-10-8-11-18-24-38(40)44-30-34-28-42-34/h42-47H,7-41H2,1-6H3;32-37H,3-31H2,1-2H3. The summed E-state index contributed by atoms with van der Waals surface area (Å²) >= 11 is 0. The third kappa shape index (κ3) is 46.7. The van der Waals surface area contributed by atoms with Gasteiger partial charge in [-0.3, -0.25) is 19.2 Å². The van der Waals surface area contributed by atoms with Gasteiger partial charge in [0.2, 0.25) is 0 Å². The third-order valence-corrected chi connectivity index (χ3v) is 28.3. The van der Waals surface area contributed by atoms with Gasteiger partial charge in [0.25, 0.3) is 11.9 Å². The lowest BCUT2D eigenvalue weighted by molar-refractivity contribution is -0.145. The molecule has 0 N–H and O–H groups in total. The minimum absolute atomic E-state index is 0.0580. The average Bonchev–Trinajstić information content (AvgIpc) is 1.81. The molecule has 4 aliphatic heterocycles. The number of hydrogen-bond donors (Lipinski definition) is 0. The van der Waals surface area contributed by atoms with Gasteiger partial charge in [0.15, 0.2) is 0 Å². The van der Waals surface area contributed by atoms with Gasteiger partial charge in [-0.15, -0.1) is 0 Å². The van der Waals surface area contributed by atoms with Gasteiger partial charge in [0, 0.05) is 80.6 Å². The summed E-state index contributed by atoms with van der Waals surface area (Å²) < 4.78 is 87.3. The first-order valence-corrected chi connectivity index (χ1v) is 49.0. The molecule has 0 aromatic rings. The van der Waals surface area contributed by atoms with Crippen LogP contribution in [-0.2, 0) is 92.5 Å². The van der Waals surface area contributed by atoms with Crippen LogP contribution in [0.3, 0.4) is 0 Å². The summed E-state index contributed by atoms with van der Waals surface area (Å²) in [6.07, 6.45) is 62.2. The largest absolute Gasteiger partial charge is 0.751 e.